The minimum atomic E-state index is -3.44. The van der Waals surface area contributed by atoms with Gasteiger partial charge in [-0.1, -0.05) is 43.6 Å². The van der Waals surface area contributed by atoms with Crippen molar-refractivity contribution in [1.29, 1.82) is 0 Å². The Morgan fingerprint density at radius 1 is 0.962 bits per heavy atom. The minimum Gasteiger partial charge on any atom is -0.369 e. The molecule has 0 spiro atoms. The highest BCUT2D eigenvalue weighted by molar-refractivity contribution is 7.89. The predicted octanol–water partition coefficient (Wildman–Crippen LogP) is 4.28. The molecular formula is C20H25ClN2O2S. The van der Waals surface area contributed by atoms with Crippen LogP contribution in [0.4, 0.5) is 5.69 Å². The molecule has 0 bridgehead atoms. The van der Waals surface area contributed by atoms with Crippen molar-refractivity contribution < 1.29 is 8.42 Å². The van der Waals surface area contributed by atoms with Gasteiger partial charge in [-0.15, -0.1) is 0 Å². The second-order valence-electron chi connectivity index (χ2n) is 7.05. The van der Waals surface area contributed by atoms with Gasteiger partial charge in [0.25, 0.3) is 0 Å². The summed E-state index contributed by atoms with van der Waals surface area (Å²) < 4.78 is 27.4. The highest BCUT2D eigenvalue weighted by Crippen LogP contribution is 2.26. The third-order valence-corrected chi connectivity index (χ3v) is 7.26. The van der Waals surface area contributed by atoms with E-state index >= 15 is 0 Å². The molecule has 2 aromatic carbocycles. The first-order valence-corrected chi connectivity index (χ1v) is 10.7. The normalized spacial score (nSPS) is 16.3. The molecule has 6 heteroatoms. The van der Waals surface area contributed by atoms with Gasteiger partial charge in [-0.2, -0.15) is 4.31 Å². The van der Waals surface area contributed by atoms with Crippen molar-refractivity contribution >= 4 is 27.3 Å². The summed E-state index contributed by atoms with van der Waals surface area (Å²) in [5, 5.41) is 0.739. The summed E-state index contributed by atoms with van der Waals surface area (Å²) in [6.45, 7) is 8.42. The SMILES string of the molecule is Cc1ccc(N2CCN(S(=O)(=O)c3ccc(C(C)C)cc3)CC2)cc1Cl. The van der Waals surface area contributed by atoms with E-state index in [9.17, 15) is 8.42 Å². The molecule has 1 aliphatic heterocycles. The monoisotopic (exact) mass is 392 g/mol. The van der Waals surface area contributed by atoms with Crippen molar-refractivity contribution in [2.24, 2.45) is 0 Å². The maximum absolute atomic E-state index is 12.9. The quantitative estimate of drug-likeness (QED) is 0.779. The van der Waals surface area contributed by atoms with E-state index in [4.69, 9.17) is 11.6 Å². The first-order valence-electron chi connectivity index (χ1n) is 8.90. The molecule has 0 saturated carbocycles. The molecule has 2 aromatic rings. The molecular weight excluding hydrogens is 368 g/mol. The molecule has 26 heavy (non-hydrogen) atoms. The van der Waals surface area contributed by atoms with Crippen LogP contribution >= 0.6 is 11.6 Å². The lowest BCUT2D eigenvalue weighted by Crippen LogP contribution is -2.48. The molecule has 0 radical (unpaired) electrons. The number of hydrogen-bond donors (Lipinski definition) is 0. The van der Waals surface area contributed by atoms with Crippen molar-refractivity contribution in [1.82, 2.24) is 4.31 Å². The van der Waals surface area contributed by atoms with Crippen molar-refractivity contribution in [3.63, 3.8) is 0 Å². The lowest BCUT2D eigenvalue weighted by molar-refractivity contribution is 0.385. The van der Waals surface area contributed by atoms with Crippen LogP contribution in [0.2, 0.25) is 5.02 Å². The van der Waals surface area contributed by atoms with E-state index in [1.807, 2.05) is 37.3 Å². The van der Waals surface area contributed by atoms with Gasteiger partial charge in [0.05, 0.1) is 4.90 Å². The second kappa shape index (κ2) is 7.59. The Hall–Kier alpha value is -1.56. The van der Waals surface area contributed by atoms with E-state index in [1.54, 1.807) is 16.4 Å². The molecule has 0 atom stereocenters. The molecule has 0 aromatic heterocycles. The predicted molar refractivity (Wildman–Crippen MR) is 108 cm³/mol. The topological polar surface area (TPSA) is 40.6 Å². The Morgan fingerprint density at radius 3 is 2.12 bits per heavy atom. The van der Waals surface area contributed by atoms with Gasteiger partial charge in [-0.05, 0) is 48.2 Å². The zero-order chi connectivity index (χ0) is 18.9. The maximum Gasteiger partial charge on any atom is 0.243 e. The third kappa shape index (κ3) is 3.90. The van der Waals surface area contributed by atoms with Crippen LogP contribution in [0.1, 0.15) is 30.9 Å². The fraction of sp³-hybridized carbons (Fsp3) is 0.400. The van der Waals surface area contributed by atoms with Crippen molar-refractivity contribution in [3.8, 4) is 0 Å². The van der Waals surface area contributed by atoms with Crippen LogP contribution in [0.5, 0.6) is 0 Å². The minimum absolute atomic E-state index is 0.369. The lowest BCUT2D eigenvalue weighted by Gasteiger charge is -2.35. The van der Waals surface area contributed by atoms with Gasteiger partial charge < -0.3 is 4.90 Å². The van der Waals surface area contributed by atoms with E-state index in [0.717, 1.165) is 21.8 Å². The Labute approximate surface area is 161 Å². The molecule has 1 saturated heterocycles. The number of rotatable bonds is 4. The van der Waals surface area contributed by atoms with Crippen LogP contribution in [0.3, 0.4) is 0 Å². The number of anilines is 1. The summed E-state index contributed by atoms with van der Waals surface area (Å²) in [6, 6.07) is 13.2. The zero-order valence-corrected chi connectivity index (χ0v) is 17.0. The Kier molecular flexibility index (Phi) is 5.61. The maximum atomic E-state index is 12.9. The number of sulfonamides is 1. The summed E-state index contributed by atoms with van der Waals surface area (Å²) in [5.74, 6) is 0.386. The third-order valence-electron chi connectivity index (χ3n) is 4.94. The van der Waals surface area contributed by atoms with Gasteiger partial charge in [0, 0.05) is 36.9 Å². The van der Waals surface area contributed by atoms with Gasteiger partial charge in [0.15, 0.2) is 0 Å². The Balaban J connectivity index is 1.71. The largest absolute Gasteiger partial charge is 0.369 e. The van der Waals surface area contributed by atoms with Gasteiger partial charge in [-0.3, -0.25) is 0 Å². The van der Waals surface area contributed by atoms with Gasteiger partial charge in [0.1, 0.15) is 0 Å². The first-order chi connectivity index (χ1) is 12.3. The Morgan fingerprint density at radius 2 is 1.58 bits per heavy atom. The number of aryl methyl sites for hydroxylation is 1. The fourth-order valence-corrected chi connectivity index (χ4v) is 4.74. The second-order valence-corrected chi connectivity index (χ2v) is 9.39. The van der Waals surface area contributed by atoms with E-state index in [2.05, 4.69) is 18.7 Å². The number of piperazine rings is 1. The first kappa shape index (κ1) is 19.2. The molecule has 4 nitrogen and oxygen atoms in total. The van der Waals surface area contributed by atoms with E-state index in [-0.39, 0.29) is 0 Å². The number of nitrogens with zero attached hydrogens (tertiary/aromatic N) is 2. The van der Waals surface area contributed by atoms with Crippen molar-refractivity contribution in [2.45, 2.75) is 31.6 Å². The van der Waals surface area contributed by atoms with Crippen LogP contribution in [0.15, 0.2) is 47.4 Å². The average molecular weight is 393 g/mol. The van der Waals surface area contributed by atoms with Gasteiger partial charge in [-0.25, -0.2) is 8.42 Å². The zero-order valence-electron chi connectivity index (χ0n) is 15.4. The molecule has 1 fully saturated rings. The summed E-state index contributed by atoms with van der Waals surface area (Å²) in [7, 11) is -3.44. The molecule has 0 N–H and O–H groups in total. The van der Waals surface area contributed by atoms with Crippen molar-refractivity contribution in [3.05, 3.63) is 58.6 Å². The molecule has 0 aliphatic carbocycles. The Bertz CT molecular complexity index is 871. The summed E-state index contributed by atoms with van der Waals surface area (Å²) in [4.78, 5) is 2.55. The molecule has 140 valence electrons. The molecule has 3 rings (SSSR count). The van der Waals surface area contributed by atoms with Gasteiger partial charge in [0.2, 0.25) is 10.0 Å². The summed E-state index contributed by atoms with van der Waals surface area (Å²) in [5.41, 5.74) is 3.23. The number of hydrogen-bond acceptors (Lipinski definition) is 3. The smallest absolute Gasteiger partial charge is 0.243 e. The van der Waals surface area contributed by atoms with Crippen molar-refractivity contribution in [2.75, 3.05) is 31.1 Å². The highest BCUT2D eigenvalue weighted by atomic mass is 35.5. The van der Waals surface area contributed by atoms with Gasteiger partial charge >= 0.3 is 0 Å². The van der Waals surface area contributed by atoms with E-state index in [0.29, 0.717) is 37.0 Å². The lowest BCUT2D eigenvalue weighted by atomic mass is 10.0. The van der Waals surface area contributed by atoms with E-state index in [1.165, 1.54) is 0 Å². The molecule has 1 aliphatic rings. The molecule has 0 unspecified atom stereocenters. The number of halogens is 1. The number of benzene rings is 2. The van der Waals surface area contributed by atoms with E-state index < -0.39 is 10.0 Å². The standard InChI is InChI=1S/C20H25ClN2O2S/c1-15(2)17-5-8-19(9-6-17)26(24,25)23-12-10-22(11-13-23)18-7-4-16(3)20(21)14-18/h4-9,14-15H,10-13H2,1-3H3. The summed E-state index contributed by atoms with van der Waals surface area (Å²) >= 11 is 6.22. The van der Waals surface area contributed by atoms with Crippen LogP contribution < -0.4 is 4.90 Å². The van der Waals surface area contributed by atoms with Crippen LogP contribution in [0.25, 0.3) is 0 Å². The highest BCUT2D eigenvalue weighted by Gasteiger charge is 2.28. The van der Waals surface area contributed by atoms with Crippen LogP contribution in [-0.4, -0.2) is 38.9 Å². The van der Waals surface area contributed by atoms with Crippen LogP contribution in [-0.2, 0) is 10.0 Å². The molecule has 1 heterocycles. The average Bonchev–Trinajstić information content (AvgIpc) is 2.64. The fourth-order valence-electron chi connectivity index (χ4n) is 3.14. The summed E-state index contributed by atoms with van der Waals surface area (Å²) in [6.07, 6.45) is 0. The van der Waals surface area contributed by atoms with Crippen LogP contribution in [0, 0.1) is 6.92 Å². The molecule has 0 amide bonds.